The fraction of sp³-hybridized carbons (Fsp3) is 0.273. The molecule has 6 heteroatoms. The highest BCUT2D eigenvalue weighted by molar-refractivity contribution is 5.88. The van der Waals surface area contributed by atoms with Gasteiger partial charge < -0.3 is 19.2 Å². The Kier molecular flexibility index (Phi) is 5.02. The minimum absolute atomic E-state index is 0.158. The van der Waals surface area contributed by atoms with Crippen molar-refractivity contribution >= 4 is 28.5 Å². The zero-order valence-corrected chi connectivity index (χ0v) is 15.6. The average Bonchev–Trinajstić information content (AvgIpc) is 3.05. The molecule has 0 aliphatic heterocycles. The van der Waals surface area contributed by atoms with Crippen LogP contribution < -0.4 is 14.8 Å². The van der Waals surface area contributed by atoms with E-state index < -0.39 is 5.97 Å². The molecule has 0 bridgehead atoms. The molecule has 1 aliphatic carbocycles. The second-order valence-corrected chi connectivity index (χ2v) is 6.84. The van der Waals surface area contributed by atoms with Gasteiger partial charge in [-0.25, -0.2) is 4.79 Å². The molecule has 1 aromatic heterocycles. The van der Waals surface area contributed by atoms with E-state index in [2.05, 4.69) is 5.32 Å². The van der Waals surface area contributed by atoms with Crippen LogP contribution in [0, 0.1) is 0 Å². The highest BCUT2D eigenvalue weighted by Gasteiger charge is 2.18. The van der Waals surface area contributed by atoms with Crippen LogP contribution in [-0.2, 0) is 22.4 Å². The van der Waals surface area contributed by atoms with Gasteiger partial charge in [-0.1, -0.05) is 0 Å². The van der Waals surface area contributed by atoms with Crippen LogP contribution in [0.3, 0.4) is 0 Å². The highest BCUT2D eigenvalue weighted by atomic mass is 16.6. The summed E-state index contributed by atoms with van der Waals surface area (Å²) in [6.45, 7) is 1.24. The third kappa shape index (κ3) is 4.01. The first-order valence-electron chi connectivity index (χ1n) is 9.34. The Bertz CT molecular complexity index is 1020. The molecule has 28 heavy (non-hydrogen) atoms. The van der Waals surface area contributed by atoms with Gasteiger partial charge in [0.05, 0.1) is 0 Å². The summed E-state index contributed by atoms with van der Waals surface area (Å²) in [5, 5.41) is 3.72. The van der Waals surface area contributed by atoms with Gasteiger partial charge in [0.1, 0.15) is 22.8 Å². The van der Waals surface area contributed by atoms with Crippen LogP contribution in [0.5, 0.6) is 11.5 Å². The number of carbonyl (C=O) groups excluding carboxylic acids is 2. The summed E-state index contributed by atoms with van der Waals surface area (Å²) in [5.41, 5.74) is 2.76. The second kappa shape index (κ2) is 7.76. The molecule has 144 valence electrons. The monoisotopic (exact) mass is 379 g/mol. The number of hydrogen-bond donors (Lipinski definition) is 1. The molecule has 4 rings (SSSR count). The van der Waals surface area contributed by atoms with Crippen LogP contribution in [-0.4, -0.2) is 18.5 Å². The van der Waals surface area contributed by atoms with E-state index in [1.165, 1.54) is 18.9 Å². The number of carbonyl (C=O) groups is 2. The lowest BCUT2D eigenvalue weighted by Gasteiger charge is -2.09. The van der Waals surface area contributed by atoms with Gasteiger partial charge in [-0.3, -0.25) is 4.79 Å². The molecule has 0 radical (unpaired) electrons. The van der Waals surface area contributed by atoms with Crippen molar-refractivity contribution in [2.45, 2.75) is 32.6 Å². The van der Waals surface area contributed by atoms with Crippen molar-refractivity contribution in [3.05, 3.63) is 53.8 Å². The Labute approximate surface area is 162 Å². The Balaban J connectivity index is 1.37. The summed E-state index contributed by atoms with van der Waals surface area (Å²) < 4.78 is 16.8. The van der Waals surface area contributed by atoms with E-state index in [4.69, 9.17) is 13.9 Å². The number of amides is 1. The van der Waals surface area contributed by atoms with Crippen LogP contribution >= 0.6 is 0 Å². The van der Waals surface area contributed by atoms with Gasteiger partial charge in [0.25, 0.3) is 0 Å². The van der Waals surface area contributed by atoms with Crippen molar-refractivity contribution in [2.75, 3.05) is 11.9 Å². The molecule has 3 aromatic rings. The summed E-state index contributed by atoms with van der Waals surface area (Å²) in [6.07, 6.45) is 4.32. The van der Waals surface area contributed by atoms with Crippen LogP contribution in [0.4, 0.5) is 5.69 Å². The summed E-state index contributed by atoms with van der Waals surface area (Å²) in [4.78, 5) is 23.1. The Morgan fingerprint density at radius 1 is 1.04 bits per heavy atom. The summed E-state index contributed by atoms with van der Waals surface area (Å²) >= 11 is 0. The first-order chi connectivity index (χ1) is 13.6. The smallest absolute Gasteiger partial charge is 0.349 e. The zero-order chi connectivity index (χ0) is 19.5. The van der Waals surface area contributed by atoms with Gasteiger partial charge in [-0.2, -0.15) is 0 Å². The van der Waals surface area contributed by atoms with E-state index in [0.29, 0.717) is 17.2 Å². The summed E-state index contributed by atoms with van der Waals surface area (Å²) in [6, 6.07) is 12.2. The highest BCUT2D eigenvalue weighted by Crippen LogP contribution is 2.33. The van der Waals surface area contributed by atoms with Gasteiger partial charge in [0, 0.05) is 30.0 Å². The maximum absolute atomic E-state index is 12.1. The molecule has 6 nitrogen and oxygen atoms in total. The molecule has 0 spiro atoms. The third-order valence-corrected chi connectivity index (χ3v) is 4.69. The molecule has 0 unspecified atom stereocenters. The van der Waals surface area contributed by atoms with Crippen LogP contribution in [0.15, 0.2) is 46.9 Å². The third-order valence-electron chi connectivity index (χ3n) is 4.69. The predicted octanol–water partition coefficient (Wildman–Crippen LogP) is 4.25. The number of ether oxygens (including phenoxy) is 2. The van der Waals surface area contributed by atoms with Crippen molar-refractivity contribution < 1.29 is 23.5 Å². The maximum atomic E-state index is 12.1. The molecule has 0 saturated heterocycles. The van der Waals surface area contributed by atoms with Crippen molar-refractivity contribution in [1.82, 2.24) is 0 Å². The molecular weight excluding hydrogens is 358 g/mol. The molecule has 1 amide bonds. The Morgan fingerprint density at radius 2 is 1.79 bits per heavy atom. The maximum Gasteiger partial charge on any atom is 0.349 e. The second-order valence-electron chi connectivity index (χ2n) is 6.84. The van der Waals surface area contributed by atoms with E-state index in [1.807, 2.05) is 12.1 Å². The zero-order valence-electron chi connectivity index (χ0n) is 15.6. The first-order valence-corrected chi connectivity index (χ1v) is 9.34. The molecule has 1 aliphatic rings. The fourth-order valence-corrected chi connectivity index (χ4v) is 3.44. The van der Waals surface area contributed by atoms with E-state index in [1.54, 1.807) is 30.3 Å². The van der Waals surface area contributed by atoms with Gasteiger partial charge in [-0.05, 0) is 61.7 Å². The number of aryl methyl sites for hydroxylation is 2. The quantitative estimate of drug-likeness (QED) is 0.530. The van der Waals surface area contributed by atoms with E-state index in [9.17, 15) is 9.59 Å². The van der Waals surface area contributed by atoms with Crippen molar-refractivity contribution in [1.29, 1.82) is 0 Å². The summed E-state index contributed by atoms with van der Waals surface area (Å²) in [7, 11) is 0. The lowest BCUT2D eigenvalue weighted by molar-refractivity contribution is -0.136. The number of fused-ring (bicyclic) bond motifs is 3. The largest absolute Gasteiger partial charge is 0.482 e. The molecule has 1 heterocycles. The van der Waals surface area contributed by atoms with Crippen LogP contribution in [0.2, 0.25) is 0 Å². The molecule has 0 atom stereocenters. The molecule has 2 aromatic carbocycles. The van der Waals surface area contributed by atoms with Gasteiger partial charge in [0.15, 0.2) is 6.61 Å². The van der Waals surface area contributed by atoms with E-state index >= 15 is 0 Å². The van der Waals surface area contributed by atoms with E-state index in [0.717, 1.165) is 36.0 Å². The number of anilines is 1. The van der Waals surface area contributed by atoms with Crippen molar-refractivity contribution in [2.24, 2.45) is 0 Å². The topological polar surface area (TPSA) is 77.8 Å². The number of benzene rings is 2. The van der Waals surface area contributed by atoms with E-state index in [-0.39, 0.29) is 12.5 Å². The normalized spacial score (nSPS) is 13.0. The van der Waals surface area contributed by atoms with Crippen molar-refractivity contribution in [3.63, 3.8) is 0 Å². The average molecular weight is 379 g/mol. The molecule has 1 N–H and O–H groups in total. The number of furan rings is 1. The first kappa shape index (κ1) is 18.1. The number of nitrogens with one attached hydrogen (secondary N) is 1. The SMILES string of the molecule is CC(=O)Nc1ccc(OC(=O)COc2ccc3oc4c(c3c2)CCCC4)cc1. The minimum atomic E-state index is -0.499. The fourth-order valence-electron chi connectivity index (χ4n) is 3.44. The number of esters is 1. The molecule has 0 fully saturated rings. The lowest BCUT2D eigenvalue weighted by atomic mass is 9.96. The molecule has 0 saturated carbocycles. The minimum Gasteiger partial charge on any atom is -0.482 e. The Morgan fingerprint density at radius 3 is 2.57 bits per heavy atom. The number of hydrogen-bond acceptors (Lipinski definition) is 5. The van der Waals surface area contributed by atoms with Gasteiger partial charge in [-0.15, -0.1) is 0 Å². The standard InChI is InChI=1S/C22H21NO5/c1-14(24)23-15-6-8-16(9-7-15)27-22(25)13-26-17-10-11-21-19(12-17)18-4-2-3-5-20(18)28-21/h6-12H,2-5,13H2,1H3,(H,23,24). The van der Waals surface area contributed by atoms with Gasteiger partial charge >= 0.3 is 5.97 Å². The summed E-state index contributed by atoms with van der Waals surface area (Å²) in [5.74, 6) is 1.41. The van der Waals surface area contributed by atoms with Crippen LogP contribution in [0.1, 0.15) is 31.1 Å². The predicted molar refractivity (Wildman–Crippen MR) is 105 cm³/mol. The Hall–Kier alpha value is -3.28. The van der Waals surface area contributed by atoms with Crippen LogP contribution in [0.25, 0.3) is 11.0 Å². The molecular formula is C22H21NO5. The lowest BCUT2D eigenvalue weighted by Crippen LogP contribution is -2.17. The van der Waals surface area contributed by atoms with Gasteiger partial charge in [0.2, 0.25) is 5.91 Å². The van der Waals surface area contributed by atoms with Crippen molar-refractivity contribution in [3.8, 4) is 11.5 Å². The number of rotatable bonds is 5.